The van der Waals surface area contributed by atoms with E-state index in [1.807, 2.05) is 0 Å². The van der Waals surface area contributed by atoms with Gasteiger partial charge in [-0.15, -0.1) is 5.06 Å². The van der Waals surface area contributed by atoms with Crippen LogP contribution in [0.2, 0.25) is 0 Å². The normalized spacial score (nSPS) is 22.4. The predicted octanol–water partition coefficient (Wildman–Crippen LogP) is -2.19. The minimum Gasteiger partial charge on any atom is -0.480 e. The van der Waals surface area contributed by atoms with Crippen LogP contribution in [0.25, 0.3) is 0 Å². The van der Waals surface area contributed by atoms with Crippen molar-refractivity contribution in [2.24, 2.45) is 5.92 Å². The van der Waals surface area contributed by atoms with E-state index in [1.54, 1.807) is 0 Å². The van der Waals surface area contributed by atoms with Crippen LogP contribution in [0, 0.1) is 5.92 Å². The summed E-state index contributed by atoms with van der Waals surface area (Å²) in [5.41, 5.74) is 0. The Bertz CT molecular complexity index is 1260. The zero-order valence-electron chi connectivity index (χ0n) is 20.7. The van der Waals surface area contributed by atoms with Crippen molar-refractivity contribution in [3.05, 3.63) is 24.3 Å². The number of carbonyl (C=O) groups is 10. The third-order valence-corrected chi connectivity index (χ3v) is 6.79. The first kappa shape index (κ1) is 28.0. The molecule has 2 fully saturated rings. The quantitative estimate of drug-likeness (QED) is 0.268. The van der Waals surface area contributed by atoms with E-state index < -0.39 is 96.5 Å². The van der Waals surface area contributed by atoms with Crippen LogP contribution in [0.5, 0.6) is 0 Å². The van der Waals surface area contributed by atoms with Crippen molar-refractivity contribution in [2.75, 3.05) is 6.54 Å². The molecule has 3 unspecified atom stereocenters. The highest BCUT2D eigenvalue weighted by Crippen LogP contribution is 2.32. The van der Waals surface area contributed by atoms with Crippen molar-refractivity contribution in [1.29, 1.82) is 0 Å². The maximum absolute atomic E-state index is 13.2. The number of hydrogen-bond donors (Lipinski definition) is 1. The number of aliphatic carboxylic acids is 1. The molecule has 16 heteroatoms. The number of hydrogen-bond acceptors (Lipinski definition) is 11. The maximum atomic E-state index is 13.2. The molecule has 4 heterocycles. The summed E-state index contributed by atoms with van der Waals surface area (Å²) >= 11 is 0. The average Bonchev–Trinajstić information content (AvgIpc) is 3.59. The third kappa shape index (κ3) is 5.27. The van der Waals surface area contributed by atoms with Crippen molar-refractivity contribution in [3.63, 3.8) is 0 Å². The van der Waals surface area contributed by atoms with Crippen LogP contribution in [0.4, 0.5) is 0 Å². The lowest BCUT2D eigenvalue weighted by atomic mass is 9.90. The molecule has 210 valence electrons. The predicted molar refractivity (Wildman–Crippen MR) is 123 cm³/mol. The number of imide groups is 4. The van der Waals surface area contributed by atoms with E-state index in [0.717, 1.165) is 29.2 Å². The Morgan fingerprint density at radius 3 is 1.93 bits per heavy atom. The monoisotopic (exact) mass is 558 g/mol. The standard InChI is InChI=1S/C24H22N4O12/c29-15-3-4-16(30)25(15)9-1-2-22(36)40-28-21(35)10-12(23(28)37)13(26-17(31)5-6-18(26)32)11-14(24(38)39)27-19(33)7-8-20(27)34/h3-6,12-14H,1-2,7-11H2,(H,38,39). The van der Waals surface area contributed by atoms with Crippen LogP contribution < -0.4 is 0 Å². The summed E-state index contributed by atoms with van der Waals surface area (Å²) in [7, 11) is 0. The zero-order valence-corrected chi connectivity index (χ0v) is 20.7. The number of nitrogens with zero attached hydrogens (tertiary/aromatic N) is 4. The van der Waals surface area contributed by atoms with Crippen LogP contribution in [-0.4, -0.2) is 103 Å². The molecule has 3 atom stereocenters. The highest BCUT2D eigenvalue weighted by molar-refractivity contribution is 6.14. The van der Waals surface area contributed by atoms with Gasteiger partial charge in [-0.25, -0.2) is 9.59 Å². The number of hydroxylamine groups is 2. The average molecular weight is 558 g/mol. The van der Waals surface area contributed by atoms with E-state index in [4.69, 9.17) is 4.84 Å². The number of likely N-dealkylation sites (tertiary alicyclic amines) is 1. The molecule has 40 heavy (non-hydrogen) atoms. The van der Waals surface area contributed by atoms with Crippen LogP contribution in [0.1, 0.15) is 38.5 Å². The maximum Gasteiger partial charge on any atom is 0.333 e. The highest BCUT2D eigenvalue weighted by Gasteiger charge is 2.52. The van der Waals surface area contributed by atoms with Crippen LogP contribution in [0.3, 0.4) is 0 Å². The minimum atomic E-state index is -1.85. The number of carbonyl (C=O) groups excluding carboxylic acids is 9. The van der Waals surface area contributed by atoms with Crippen molar-refractivity contribution in [2.45, 2.75) is 50.6 Å². The molecule has 4 aliphatic heterocycles. The Kier molecular flexibility index (Phi) is 7.70. The third-order valence-electron chi connectivity index (χ3n) is 6.79. The topological polar surface area (TPSA) is 213 Å². The second-order valence-corrected chi connectivity index (χ2v) is 9.26. The summed E-state index contributed by atoms with van der Waals surface area (Å²) in [6.45, 7) is -0.122. The molecule has 4 aliphatic rings. The van der Waals surface area contributed by atoms with E-state index >= 15 is 0 Å². The Morgan fingerprint density at radius 1 is 0.825 bits per heavy atom. The molecule has 16 nitrogen and oxygen atoms in total. The summed E-state index contributed by atoms with van der Waals surface area (Å²) in [6.07, 6.45) is 1.55. The largest absolute Gasteiger partial charge is 0.480 e. The highest BCUT2D eigenvalue weighted by atomic mass is 16.7. The molecular formula is C24H22N4O12. The van der Waals surface area contributed by atoms with Gasteiger partial charge in [0.15, 0.2) is 0 Å². The molecule has 8 amide bonds. The lowest BCUT2D eigenvalue weighted by Gasteiger charge is -2.33. The first-order valence-corrected chi connectivity index (χ1v) is 12.1. The molecule has 0 aromatic carbocycles. The van der Waals surface area contributed by atoms with E-state index in [9.17, 15) is 53.1 Å². The van der Waals surface area contributed by atoms with Gasteiger partial charge < -0.3 is 9.94 Å². The van der Waals surface area contributed by atoms with E-state index in [1.165, 1.54) is 0 Å². The van der Waals surface area contributed by atoms with Gasteiger partial charge >= 0.3 is 11.9 Å². The van der Waals surface area contributed by atoms with Crippen LogP contribution in [0.15, 0.2) is 24.3 Å². The van der Waals surface area contributed by atoms with Crippen molar-refractivity contribution in [1.82, 2.24) is 19.8 Å². The molecule has 0 aromatic heterocycles. The lowest BCUT2D eigenvalue weighted by Crippen LogP contribution is -2.53. The molecule has 0 saturated carbocycles. The Balaban J connectivity index is 1.49. The minimum absolute atomic E-state index is 0.0408. The van der Waals surface area contributed by atoms with E-state index in [0.29, 0.717) is 9.80 Å². The molecule has 0 spiro atoms. The smallest absolute Gasteiger partial charge is 0.333 e. The Morgan fingerprint density at radius 2 is 1.38 bits per heavy atom. The van der Waals surface area contributed by atoms with Gasteiger partial charge in [-0.1, -0.05) is 0 Å². The van der Waals surface area contributed by atoms with Crippen molar-refractivity contribution >= 4 is 59.2 Å². The fourth-order valence-electron chi connectivity index (χ4n) is 4.88. The molecule has 0 radical (unpaired) electrons. The van der Waals surface area contributed by atoms with E-state index in [-0.39, 0.29) is 30.9 Å². The summed E-state index contributed by atoms with van der Waals surface area (Å²) in [5, 5.41) is 9.93. The zero-order chi connectivity index (χ0) is 29.3. The number of amides is 8. The van der Waals surface area contributed by atoms with E-state index in [2.05, 4.69) is 0 Å². The summed E-state index contributed by atoms with van der Waals surface area (Å²) in [4.78, 5) is 130. The molecule has 0 bridgehead atoms. The SMILES string of the molecule is O=C(CCCN1C(=O)C=CC1=O)ON1C(=O)CC(C(CC(C(=O)O)N2C(=O)CCC2=O)N2C(=O)C=CC2=O)C1=O. The van der Waals surface area contributed by atoms with Crippen molar-refractivity contribution < 1.29 is 57.9 Å². The Hall–Kier alpha value is -5.02. The molecule has 4 rings (SSSR count). The fourth-order valence-corrected chi connectivity index (χ4v) is 4.88. The van der Waals surface area contributed by atoms with Gasteiger partial charge in [0.2, 0.25) is 11.8 Å². The Labute approximate surface area is 224 Å². The molecular weight excluding hydrogens is 536 g/mol. The van der Waals surface area contributed by atoms with Gasteiger partial charge in [-0.05, 0) is 6.42 Å². The summed E-state index contributed by atoms with van der Waals surface area (Å²) < 4.78 is 0. The number of carboxylic acids is 1. The molecule has 0 aliphatic carbocycles. The van der Waals surface area contributed by atoms with Gasteiger partial charge in [-0.3, -0.25) is 53.1 Å². The van der Waals surface area contributed by atoms with Crippen LogP contribution in [-0.2, 0) is 52.8 Å². The van der Waals surface area contributed by atoms with Gasteiger partial charge in [0, 0.05) is 63.0 Å². The molecule has 1 N–H and O–H groups in total. The van der Waals surface area contributed by atoms with Gasteiger partial charge in [-0.2, -0.15) is 0 Å². The first-order chi connectivity index (χ1) is 18.9. The first-order valence-electron chi connectivity index (χ1n) is 12.1. The molecule has 0 aromatic rings. The lowest BCUT2D eigenvalue weighted by molar-refractivity contribution is -0.198. The van der Waals surface area contributed by atoms with Crippen LogP contribution >= 0.6 is 0 Å². The van der Waals surface area contributed by atoms with Gasteiger partial charge in [0.1, 0.15) is 6.04 Å². The summed E-state index contributed by atoms with van der Waals surface area (Å²) in [6, 6.07) is -3.43. The number of carboxylic acid groups (broad SMARTS) is 1. The van der Waals surface area contributed by atoms with Gasteiger partial charge in [0.05, 0.1) is 12.0 Å². The second-order valence-electron chi connectivity index (χ2n) is 9.26. The summed E-state index contributed by atoms with van der Waals surface area (Å²) in [5.74, 6) is -10.9. The number of rotatable bonds is 11. The fraction of sp³-hybridized carbons (Fsp3) is 0.417. The van der Waals surface area contributed by atoms with Gasteiger partial charge in [0.25, 0.3) is 35.4 Å². The van der Waals surface area contributed by atoms with Crippen molar-refractivity contribution in [3.8, 4) is 0 Å². The second kappa shape index (κ2) is 11.0. The molecule has 2 saturated heterocycles.